The highest BCUT2D eigenvalue weighted by molar-refractivity contribution is 6.15. The fourth-order valence-corrected chi connectivity index (χ4v) is 3.96. The Morgan fingerprint density at radius 1 is 1.12 bits per heavy atom. The van der Waals surface area contributed by atoms with Crippen LogP contribution in [0.4, 0.5) is 17.5 Å². The van der Waals surface area contributed by atoms with Crippen LogP contribution in [0.1, 0.15) is 49.7 Å². The van der Waals surface area contributed by atoms with Crippen molar-refractivity contribution in [2.24, 2.45) is 0 Å². The summed E-state index contributed by atoms with van der Waals surface area (Å²) in [5, 5.41) is 6.90. The Kier molecular flexibility index (Phi) is 4.77. The van der Waals surface area contributed by atoms with Crippen molar-refractivity contribution in [2.75, 3.05) is 35.3 Å². The zero-order valence-corrected chi connectivity index (χ0v) is 18.7. The topological polar surface area (TPSA) is 118 Å². The molecule has 1 aliphatic heterocycles. The zero-order valence-electron chi connectivity index (χ0n) is 18.7. The van der Waals surface area contributed by atoms with Gasteiger partial charge < -0.3 is 24.7 Å². The summed E-state index contributed by atoms with van der Waals surface area (Å²) in [5.41, 5.74) is 1.09. The molecule has 1 saturated carbocycles. The van der Waals surface area contributed by atoms with Crippen LogP contribution in [-0.4, -0.2) is 56.7 Å². The molecule has 2 aliphatic rings. The molecule has 0 spiro atoms. The predicted octanol–water partition coefficient (Wildman–Crippen LogP) is 3.15. The monoisotopic (exact) mass is 437 g/mol. The van der Waals surface area contributed by atoms with Crippen LogP contribution in [0, 0.1) is 6.92 Å². The minimum absolute atomic E-state index is 0.00283. The van der Waals surface area contributed by atoms with Gasteiger partial charge in [-0.05, 0) is 40.5 Å². The molecule has 2 fully saturated rings. The third-order valence-electron chi connectivity index (χ3n) is 6.09. The molecule has 0 radical (unpaired) electrons. The number of aryl methyl sites for hydroxylation is 1. The molecular formula is C22H27N7O3. The van der Waals surface area contributed by atoms with Crippen LogP contribution >= 0.6 is 0 Å². The standard InChI is InChI=1S/C22H27N7O3/c1-13-15(16-17(28-22(4)5-6-22)25-12-26-19(16)32-13)18(30)27-14-9-23-20(24-10-14)29-7-8-31-11-21(29,2)3/h9-10,12H,5-8,11H2,1-4H3,(H,27,30)(H,25,26,28). The lowest BCUT2D eigenvalue weighted by Gasteiger charge is -2.42. The van der Waals surface area contributed by atoms with E-state index in [1.807, 2.05) is 0 Å². The largest absolute Gasteiger partial charge is 0.442 e. The third-order valence-corrected chi connectivity index (χ3v) is 6.09. The van der Waals surface area contributed by atoms with E-state index in [1.54, 1.807) is 19.3 Å². The van der Waals surface area contributed by atoms with Crippen LogP contribution in [-0.2, 0) is 4.74 Å². The Morgan fingerprint density at radius 2 is 1.88 bits per heavy atom. The van der Waals surface area contributed by atoms with Gasteiger partial charge in [0.2, 0.25) is 11.7 Å². The van der Waals surface area contributed by atoms with Crippen molar-refractivity contribution >= 4 is 34.5 Å². The molecular weight excluding hydrogens is 410 g/mol. The number of ether oxygens (including phenoxy) is 1. The minimum Gasteiger partial charge on any atom is -0.442 e. The number of fused-ring (bicyclic) bond motifs is 1. The summed E-state index contributed by atoms with van der Waals surface area (Å²) in [6, 6.07) is 0. The molecule has 10 heteroatoms. The number of furan rings is 1. The van der Waals surface area contributed by atoms with Crippen LogP contribution in [0.3, 0.4) is 0 Å². The average molecular weight is 438 g/mol. The number of anilines is 3. The summed E-state index contributed by atoms with van der Waals surface area (Å²) in [6.45, 7) is 10.0. The Morgan fingerprint density at radius 3 is 2.56 bits per heavy atom. The first kappa shape index (κ1) is 20.6. The highest BCUT2D eigenvalue weighted by Crippen LogP contribution is 2.40. The predicted molar refractivity (Wildman–Crippen MR) is 120 cm³/mol. The van der Waals surface area contributed by atoms with Crippen molar-refractivity contribution in [3.63, 3.8) is 0 Å². The van der Waals surface area contributed by atoms with Crippen molar-refractivity contribution in [3.8, 4) is 0 Å². The lowest BCUT2D eigenvalue weighted by molar-refractivity contribution is 0.0634. The molecule has 0 aromatic carbocycles. The average Bonchev–Trinajstić information content (AvgIpc) is 3.36. The number of carbonyl (C=O) groups excluding carboxylic acids is 1. The number of morpholine rings is 1. The summed E-state index contributed by atoms with van der Waals surface area (Å²) < 4.78 is 11.3. The summed E-state index contributed by atoms with van der Waals surface area (Å²) in [4.78, 5) is 32.8. The van der Waals surface area contributed by atoms with E-state index in [0.717, 1.165) is 12.8 Å². The number of hydrogen-bond acceptors (Lipinski definition) is 9. The first-order valence-corrected chi connectivity index (χ1v) is 10.8. The van der Waals surface area contributed by atoms with E-state index in [2.05, 4.69) is 56.2 Å². The van der Waals surface area contributed by atoms with Gasteiger partial charge in [-0.15, -0.1) is 0 Å². The molecule has 4 heterocycles. The molecule has 168 valence electrons. The molecule has 32 heavy (non-hydrogen) atoms. The van der Waals surface area contributed by atoms with E-state index in [0.29, 0.717) is 59.6 Å². The first-order chi connectivity index (χ1) is 15.3. The molecule has 3 aromatic heterocycles. The number of rotatable bonds is 5. The van der Waals surface area contributed by atoms with Crippen molar-refractivity contribution in [3.05, 3.63) is 30.0 Å². The molecule has 1 saturated heterocycles. The number of hydrogen-bond donors (Lipinski definition) is 2. The lowest BCUT2D eigenvalue weighted by atomic mass is 10.0. The van der Waals surface area contributed by atoms with Crippen LogP contribution in [0.2, 0.25) is 0 Å². The molecule has 10 nitrogen and oxygen atoms in total. The van der Waals surface area contributed by atoms with Crippen LogP contribution in [0.15, 0.2) is 23.1 Å². The smallest absolute Gasteiger partial charge is 0.260 e. The normalized spacial score (nSPS) is 19.1. The van der Waals surface area contributed by atoms with Gasteiger partial charge in [0.1, 0.15) is 17.9 Å². The molecule has 0 bridgehead atoms. The minimum atomic E-state index is -0.317. The summed E-state index contributed by atoms with van der Waals surface area (Å²) in [5.74, 6) is 1.38. The van der Waals surface area contributed by atoms with E-state index < -0.39 is 0 Å². The Labute approximate surface area is 185 Å². The first-order valence-electron chi connectivity index (χ1n) is 10.8. The van der Waals surface area contributed by atoms with E-state index in [1.165, 1.54) is 6.33 Å². The van der Waals surface area contributed by atoms with E-state index in [9.17, 15) is 4.79 Å². The highest BCUT2D eigenvalue weighted by atomic mass is 16.5. The summed E-state index contributed by atoms with van der Waals surface area (Å²) in [6.07, 6.45) is 6.79. The molecule has 3 aromatic rings. The number of aromatic nitrogens is 4. The number of carbonyl (C=O) groups is 1. The van der Waals surface area contributed by atoms with Gasteiger partial charge in [-0.25, -0.2) is 19.9 Å². The molecule has 2 N–H and O–H groups in total. The zero-order chi connectivity index (χ0) is 22.5. The maximum Gasteiger partial charge on any atom is 0.260 e. The Bertz CT molecular complexity index is 1170. The second-order valence-electron chi connectivity index (χ2n) is 9.36. The van der Waals surface area contributed by atoms with Crippen molar-refractivity contribution in [2.45, 2.75) is 51.6 Å². The van der Waals surface area contributed by atoms with Crippen molar-refractivity contribution in [1.82, 2.24) is 19.9 Å². The van der Waals surface area contributed by atoms with Gasteiger partial charge in [0.25, 0.3) is 5.91 Å². The maximum absolute atomic E-state index is 13.2. The quantitative estimate of drug-likeness (QED) is 0.620. The molecule has 5 rings (SSSR count). The van der Waals surface area contributed by atoms with Crippen molar-refractivity contribution in [1.29, 1.82) is 0 Å². The third kappa shape index (κ3) is 3.75. The lowest BCUT2D eigenvalue weighted by Crippen LogP contribution is -2.53. The van der Waals surface area contributed by atoms with Gasteiger partial charge in [-0.3, -0.25) is 4.79 Å². The van der Waals surface area contributed by atoms with Gasteiger partial charge in [-0.1, -0.05) is 0 Å². The SMILES string of the molecule is Cc1oc2ncnc(NC3(C)CC3)c2c1C(=O)Nc1cnc(N2CCOCC2(C)C)nc1. The molecule has 1 amide bonds. The fraction of sp³-hybridized carbons (Fsp3) is 0.500. The van der Waals surface area contributed by atoms with E-state index in [4.69, 9.17) is 9.15 Å². The second-order valence-corrected chi connectivity index (χ2v) is 9.36. The van der Waals surface area contributed by atoms with Gasteiger partial charge >= 0.3 is 0 Å². The number of nitrogens with one attached hydrogen (secondary N) is 2. The number of amides is 1. The fourth-order valence-electron chi connectivity index (χ4n) is 3.96. The maximum atomic E-state index is 13.2. The second kappa shape index (κ2) is 7.40. The van der Waals surface area contributed by atoms with E-state index >= 15 is 0 Å². The van der Waals surface area contributed by atoms with E-state index in [-0.39, 0.29) is 17.0 Å². The van der Waals surface area contributed by atoms with Crippen LogP contribution in [0.5, 0.6) is 0 Å². The molecule has 0 unspecified atom stereocenters. The van der Waals surface area contributed by atoms with Crippen LogP contribution in [0.25, 0.3) is 11.1 Å². The van der Waals surface area contributed by atoms with Crippen molar-refractivity contribution < 1.29 is 13.9 Å². The summed E-state index contributed by atoms with van der Waals surface area (Å²) in [7, 11) is 0. The Balaban J connectivity index is 1.40. The van der Waals surface area contributed by atoms with Gasteiger partial charge in [0, 0.05) is 12.1 Å². The van der Waals surface area contributed by atoms with Crippen LogP contribution < -0.4 is 15.5 Å². The Hall–Kier alpha value is -3.27. The summed E-state index contributed by atoms with van der Waals surface area (Å²) >= 11 is 0. The van der Waals surface area contributed by atoms with Gasteiger partial charge in [0.15, 0.2) is 0 Å². The van der Waals surface area contributed by atoms with Gasteiger partial charge in [0.05, 0.1) is 47.8 Å². The molecule has 1 aliphatic carbocycles. The number of nitrogens with zero attached hydrogens (tertiary/aromatic N) is 5. The molecule has 0 atom stereocenters. The van der Waals surface area contributed by atoms with Gasteiger partial charge in [-0.2, -0.15) is 0 Å². The highest BCUT2D eigenvalue weighted by Gasteiger charge is 2.38.